The average molecular weight is 190 g/mol. The van der Waals surface area contributed by atoms with Crippen LogP contribution in [0.4, 0.5) is 5.69 Å². The summed E-state index contributed by atoms with van der Waals surface area (Å²) in [6.45, 7) is 5.10. The number of fused-ring (bicyclic) bond motifs is 1. The van der Waals surface area contributed by atoms with Crippen molar-refractivity contribution in [3.63, 3.8) is 0 Å². The van der Waals surface area contributed by atoms with Gasteiger partial charge in [0, 0.05) is 11.7 Å². The second-order valence-corrected chi connectivity index (χ2v) is 4.23. The van der Waals surface area contributed by atoms with Crippen molar-refractivity contribution in [2.45, 2.75) is 32.7 Å². The summed E-state index contributed by atoms with van der Waals surface area (Å²) in [6.07, 6.45) is 2.20. The Morgan fingerprint density at radius 3 is 2.93 bits per heavy atom. The van der Waals surface area contributed by atoms with Crippen LogP contribution in [0.1, 0.15) is 23.1 Å². The van der Waals surface area contributed by atoms with Gasteiger partial charge in [-0.15, -0.1) is 0 Å². The number of aryl methyl sites for hydroxylation is 2. The lowest BCUT2D eigenvalue weighted by Gasteiger charge is -2.08. The lowest BCUT2D eigenvalue weighted by Crippen LogP contribution is -2.19. The predicted molar refractivity (Wildman–Crippen MR) is 60.7 cm³/mol. The quantitative estimate of drug-likeness (QED) is 0.748. The maximum absolute atomic E-state index is 5.57. The van der Waals surface area contributed by atoms with Gasteiger partial charge in [-0.1, -0.05) is 6.07 Å². The van der Waals surface area contributed by atoms with E-state index < -0.39 is 0 Å². The molecule has 76 valence electrons. The van der Waals surface area contributed by atoms with Gasteiger partial charge in [-0.2, -0.15) is 0 Å². The Labute approximate surface area is 85.5 Å². The van der Waals surface area contributed by atoms with Crippen molar-refractivity contribution in [2.75, 3.05) is 11.9 Å². The summed E-state index contributed by atoms with van der Waals surface area (Å²) in [5.41, 5.74) is 11.1. The maximum Gasteiger partial charge on any atom is 0.0381 e. The summed E-state index contributed by atoms with van der Waals surface area (Å²) in [5, 5.41) is 3.54. The van der Waals surface area contributed by atoms with Gasteiger partial charge in [0.25, 0.3) is 0 Å². The van der Waals surface area contributed by atoms with Crippen molar-refractivity contribution in [1.29, 1.82) is 0 Å². The van der Waals surface area contributed by atoms with Crippen LogP contribution in [0.2, 0.25) is 0 Å². The second-order valence-electron chi connectivity index (χ2n) is 4.23. The molecule has 0 amide bonds. The van der Waals surface area contributed by atoms with Crippen molar-refractivity contribution < 1.29 is 0 Å². The third-order valence-electron chi connectivity index (χ3n) is 2.94. The van der Waals surface area contributed by atoms with Crippen LogP contribution >= 0.6 is 0 Å². The van der Waals surface area contributed by atoms with Gasteiger partial charge in [0.05, 0.1) is 0 Å². The fraction of sp³-hybridized carbons (Fsp3) is 0.500. The van der Waals surface area contributed by atoms with Crippen LogP contribution in [0.5, 0.6) is 0 Å². The van der Waals surface area contributed by atoms with Crippen molar-refractivity contribution in [3.8, 4) is 0 Å². The van der Waals surface area contributed by atoms with Crippen LogP contribution in [-0.4, -0.2) is 12.6 Å². The van der Waals surface area contributed by atoms with E-state index in [2.05, 4.69) is 31.3 Å². The van der Waals surface area contributed by atoms with E-state index in [9.17, 15) is 0 Å². The predicted octanol–water partition coefficient (Wildman–Crippen LogP) is 1.99. The van der Waals surface area contributed by atoms with Crippen molar-refractivity contribution >= 4 is 5.69 Å². The summed E-state index contributed by atoms with van der Waals surface area (Å²) in [7, 11) is 0. The fourth-order valence-electron chi connectivity index (χ4n) is 2.29. The molecule has 1 heterocycles. The molecule has 2 rings (SSSR count). The highest BCUT2D eigenvalue weighted by Gasteiger charge is 2.21. The molecule has 2 nitrogen and oxygen atoms in total. The molecular formula is C12H18N2. The minimum absolute atomic E-state index is 0.551. The molecule has 0 radical (unpaired) electrons. The smallest absolute Gasteiger partial charge is 0.0381 e. The Hall–Kier alpha value is -1.02. The summed E-state index contributed by atoms with van der Waals surface area (Å²) in [4.78, 5) is 0. The zero-order valence-electron chi connectivity index (χ0n) is 8.93. The van der Waals surface area contributed by atoms with Gasteiger partial charge in [-0.3, -0.25) is 0 Å². The van der Waals surface area contributed by atoms with Crippen LogP contribution in [0.25, 0.3) is 0 Å². The van der Waals surface area contributed by atoms with Gasteiger partial charge < -0.3 is 11.1 Å². The summed E-state index contributed by atoms with van der Waals surface area (Å²) in [6, 6.07) is 5.04. The Kier molecular flexibility index (Phi) is 2.46. The van der Waals surface area contributed by atoms with E-state index in [1.165, 1.54) is 22.4 Å². The van der Waals surface area contributed by atoms with Gasteiger partial charge in [0.1, 0.15) is 0 Å². The monoisotopic (exact) mass is 190 g/mol. The van der Waals surface area contributed by atoms with Crippen molar-refractivity contribution in [3.05, 3.63) is 28.8 Å². The molecule has 1 atom stereocenters. The Bertz CT molecular complexity index is 344. The molecule has 1 aliphatic rings. The first-order valence-corrected chi connectivity index (χ1v) is 5.27. The Morgan fingerprint density at radius 1 is 1.43 bits per heavy atom. The number of rotatable bonds is 2. The van der Waals surface area contributed by atoms with E-state index >= 15 is 0 Å². The first-order valence-electron chi connectivity index (χ1n) is 5.27. The number of hydrogen-bond donors (Lipinski definition) is 2. The molecule has 3 N–H and O–H groups in total. The van der Waals surface area contributed by atoms with E-state index in [0.717, 1.165) is 19.4 Å². The molecule has 0 aliphatic carbocycles. The molecule has 1 aromatic carbocycles. The van der Waals surface area contributed by atoms with Gasteiger partial charge in [-0.05, 0) is 56.0 Å². The van der Waals surface area contributed by atoms with E-state index in [1.54, 1.807) is 0 Å². The van der Waals surface area contributed by atoms with Crippen molar-refractivity contribution in [2.24, 2.45) is 5.73 Å². The van der Waals surface area contributed by atoms with E-state index in [0.29, 0.717) is 6.04 Å². The molecule has 0 aromatic heterocycles. The molecule has 0 saturated heterocycles. The van der Waals surface area contributed by atoms with Crippen LogP contribution in [-0.2, 0) is 6.42 Å². The van der Waals surface area contributed by atoms with Crippen LogP contribution < -0.4 is 11.1 Å². The zero-order valence-corrected chi connectivity index (χ0v) is 8.93. The molecule has 1 aromatic rings. The van der Waals surface area contributed by atoms with Crippen LogP contribution in [0.3, 0.4) is 0 Å². The van der Waals surface area contributed by atoms with E-state index in [1.807, 2.05) is 0 Å². The molecule has 0 bridgehead atoms. The molecule has 0 fully saturated rings. The van der Waals surface area contributed by atoms with Crippen LogP contribution in [0, 0.1) is 13.8 Å². The molecule has 0 spiro atoms. The van der Waals surface area contributed by atoms with Crippen molar-refractivity contribution in [1.82, 2.24) is 0 Å². The maximum atomic E-state index is 5.57. The van der Waals surface area contributed by atoms with Gasteiger partial charge in [0.2, 0.25) is 0 Å². The van der Waals surface area contributed by atoms with Gasteiger partial charge in [0.15, 0.2) is 0 Å². The van der Waals surface area contributed by atoms with E-state index in [-0.39, 0.29) is 0 Å². The fourth-order valence-corrected chi connectivity index (χ4v) is 2.29. The highest BCUT2D eigenvalue weighted by Crippen LogP contribution is 2.30. The van der Waals surface area contributed by atoms with Crippen LogP contribution in [0.15, 0.2) is 12.1 Å². The van der Waals surface area contributed by atoms with E-state index in [4.69, 9.17) is 5.73 Å². The topological polar surface area (TPSA) is 38.0 Å². The Morgan fingerprint density at radius 2 is 2.21 bits per heavy atom. The molecule has 1 unspecified atom stereocenters. The second kappa shape index (κ2) is 3.62. The largest absolute Gasteiger partial charge is 0.382 e. The molecule has 14 heavy (non-hydrogen) atoms. The normalized spacial score (nSPS) is 19.2. The number of anilines is 1. The number of nitrogens with one attached hydrogen (secondary N) is 1. The average Bonchev–Trinajstić information content (AvgIpc) is 2.48. The zero-order chi connectivity index (χ0) is 10.1. The highest BCUT2D eigenvalue weighted by molar-refractivity contribution is 5.61. The molecule has 1 aliphatic heterocycles. The number of nitrogens with two attached hydrogens (primary N) is 1. The molecular weight excluding hydrogens is 172 g/mol. The summed E-state index contributed by atoms with van der Waals surface area (Å²) >= 11 is 0. The Balaban J connectivity index is 2.26. The third-order valence-corrected chi connectivity index (χ3v) is 2.94. The summed E-state index contributed by atoms with van der Waals surface area (Å²) in [5.74, 6) is 0. The number of benzene rings is 1. The van der Waals surface area contributed by atoms with Gasteiger partial charge >= 0.3 is 0 Å². The molecule has 0 saturated carbocycles. The SMILES string of the molecule is Cc1cc(C)c2c(c1)NC(CCN)C2. The minimum Gasteiger partial charge on any atom is -0.382 e. The summed E-state index contributed by atoms with van der Waals surface area (Å²) < 4.78 is 0. The lowest BCUT2D eigenvalue weighted by molar-refractivity contribution is 0.683. The first-order chi connectivity index (χ1) is 6.70. The highest BCUT2D eigenvalue weighted by atomic mass is 14.9. The first kappa shape index (κ1) is 9.53. The van der Waals surface area contributed by atoms with Gasteiger partial charge in [-0.25, -0.2) is 0 Å². The number of hydrogen-bond acceptors (Lipinski definition) is 2. The lowest BCUT2D eigenvalue weighted by atomic mass is 10.0. The standard InChI is InChI=1S/C12H18N2/c1-8-5-9(2)11-7-10(3-4-13)14-12(11)6-8/h5-6,10,14H,3-4,7,13H2,1-2H3. The molecule has 2 heteroatoms. The minimum atomic E-state index is 0.551. The third kappa shape index (κ3) is 1.62.